The SMILES string of the molecule is O=C(Nc1ccc(N2C3C[C@H](O)C2C[C@@H]3O)cc1C(F)(F)F)c1c[nH]c2cccc(C(F)(F)F)c2c1=O. The van der Waals surface area contributed by atoms with Crippen LogP contribution in [0, 0.1) is 0 Å². The number of fused-ring (bicyclic) bond motifs is 3. The second-order valence-electron chi connectivity index (χ2n) is 9.09. The number of aliphatic hydroxyl groups is 2. The Morgan fingerprint density at radius 2 is 1.57 bits per heavy atom. The van der Waals surface area contributed by atoms with Crippen LogP contribution in [-0.2, 0) is 12.4 Å². The average molecular weight is 527 g/mol. The number of benzene rings is 2. The van der Waals surface area contributed by atoms with Gasteiger partial charge in [0.2, 0.25) is 5.43 Å². The Hall–Kier alpha value is -3.58. The van der Waals surface area contributed by atoms with Crippen LogP contribution in [0.15, 0.2) is 47.4 Å². The lowest BCUT2D eigenvalue weighted by Crippen LogP contribution is -2.33. The highest BCUT2D eigenvalue weighted by Gasteiger charge is 2.51. The number of nitrogens with one attached hydrogen (secondary N) is 2. The molecule has 5 rings (SSSR count). The van der Waals surface area contributed by atoms with Crippen LogP contribution in [0.4, 0.5) is 37.7 Å². The molecule has 0 spiro atoms. The molecule has 0 radical (unpaired) electrons. The number of rotatable bonds is 3. The van der Waals surface area contributed by atoms with Crippen molar-refractivity contribution in [2.45, 2.75) is 49.5 Å². The minimum absolute atomic E-state index is 0.0757. The summed E-state index contributed by atoms with van der Waals surface area (Å²) in [7, 11) is 0. The number of nitrogens with zero attached hydrogens (tertiary/aromatic N) is 1. The Bertz CT molecular complexity index is 1440. The third kappa shape index (κ3) is 4.21. The molecule has 2 aliphatic heterocycles. The number of aromatic nitrogens is 1. The fourth-order valence-electron chi connectivity index (χ4n) is 5.25. The lowest BCUT2D eigenvalue weighted by molar-refractivity contribution is -0.137. The van der Waals surface area contributed by atoms with Crippen molar-refractivity contribution in [2.75, 3.05) is 10.2 Å². The maximum absolute atomic E-state index is 13.9. The summed E-state index contributed by atoms with van der Waals surface area (Å²) < 4.78 is 82.1. The van der Waals surface area contributed by atoms with Crippen molar-refractivity contribution in [3.8, 4) is 0 Å². The summed E-state index contributed by atoms with van der Waals surface area (Å²) in [6.07, 6.45) is -10.3. The van der Waals surface area contributed by atoms with Gasteiger partial charge in [-0.3, -0.25) is 9.59 Å². The summed E-state index contributed by atoms with van der Waals surface area (Å²) in [6, 6.07) is 4.80. The van der Waals surface area contributed by atoms with Gasteiger partial charge in [-0.05, 0) is 43.2 Å². The summed E-state index contributed by atoms with van der Waals surface area (Å²) in [5.41, 5.74) is -5.47. The Morgan fingerprint density at radius 3 is 2.16 bits per heavy atom. The number of H-pyrrole nitrogens is 1. The maximum atomic E-state index is 13.9. The van der Waals surface area contributed by atoms with Crippen molar-refractivity contribution in [1.29, 1.82) is 0 Å². The van der Waals surface area contributed by atoms with Gasteiger partial charge in [-0.15, -0.1) is 0 Å². The molecule has 0 aliphatic carbocycles. The lowest BCUT2D eigenvalue weighted by Gasteiger charge is -2.26. The van der Waals surface area contributed by atoms with Crippen molar-refractivity contribution >= 4 is 28.2 Å². The number of aromatic amines is 1. The number of carbonyl (C=O) groups is 1. The van der Waals surface area contributed by atoms with Crippen LogP contribution in [0.3, 0.4) is 0 Å². The summed E-state index contributed by atoms with van der Waals surface area (Å²) in [6.45, 7) is 0. The van der Waals surface area contributed by atoms with E-state index in [2.05, 4.69) is 4.98 Å². The van der Waals surface area contributed by atoms with E-state index in [-0.39, 0.29) is 24.0 Å². The fraction of sp³-hybridized carbons (Fsp3) is 0.333. The van der Waals surface area contributed by atoms with Crippen molar-refractivity contribution in [2.24, 2.45) is 0 Å². The Balaban J connectivity index is 1.52. The molecule has 37 heavy (non-hydrogen) atoms. The Labute approximate surface area is 204 Å². The second kappa shape index (κ2) is 8.48. The van der Waals surface area contributed by atoms with Gasteiger partial charge in [0.1, 0.15) is 5.56 Å². The molecule has 2 fully saturated rings. The molecule has 7 nitrogen and oxygen atoms in total. The molecule has 4 atom stereocenters. The quantitative estimate of drug-likeness (QED) is 0.387. The smallest absolute Gasteiger partial charge is 0.391 e. The molecule has 1 aromatic heterocycles. The Kier molecular flexibility index (Phi) is 5.75. The van der Waals surface area contributed by atoms with Gasteiger partial charge in [-0.2, -0.15) is 26.3 Å². The van der Waals surface area contributed by atoms with Gasteiger partial charge < -0.3 is 25.4 Å². The van der Waals surface area contributed by atoms with Crippen LogP contribution in [0.25, 0.3) is 10.9 Å². The first-order valence-corrected chi connectivity index (χ1v) is 11.2. The lowest BCUT2D eigenvalue weighted by atomic mass is 9.95. The van der Waals surface area contributed by atoms with E-state index in [0.717, 1.165) is 24.4 Å². The van der Waals surface area contributed by atoms with E-state index in [9.17, 15) is 46.1 Å². The number of aliphatic hydroxyl groups excluding tert-OH is 2. The minimum Gasteiger partial charge on any atom is -0.391 e. The molecule has 4 N–H and O–H groups in total. The third-order valence-electron chi connectivity index (χ3n) is 6.88. The molecule has 0 saturated carbocycles. The largest absolute Gasteiger partial charge is 0.418 e. The zero-order chi connectivity index (χ0) is 26.9. The second-order valence-corrected chi connectivity index (χ2v) is 9.09. The molecule has 2 bridgehead atoms. The number of hydrogen-bond donors (Lipinski definition) is 4. The maximum Gasteiger partial charge on any atom is 0.418 e. The molecule has 3 aromatic rings. The van der Waals surface area contributed by atoms with Gasteiger partial charge >= 0.3 is 12.4 Å². The molecule has 13 heteroatoms. The molecule has 196 valence electrons. The minimum atomic E-state index is -4.95. The van der Waals surface area contributed by atoms with Crippen LogP contribution in [0.1, 0.15) is 34.3 Å². The van der Waals surface area contributed by atoms with E-state index in [1.54, 1.807) is 0 Å². The van der Waals surface area contributed by atoms with E-state index < -0.39 is 75.7 Å². The average Bonchev–Trinajstić information content (AvgIpc) is 3.30. The van der Waals surface area contributed by atoms with Crippen LogP contribution in [-0.4, -0.2) is 45.4 Å². The van der Waals surface area contributed by atoms with Gasteiger partial charge in [0.05, 0.1) is 46.5 Å². The molecule has 1 amide bonds. The molecule has 2 unspecified atom stereocenters. The highest BCUT2D eigenvalue weighted by atomic mass is 19.4. The molecule has 2 aliphatic rings. The number of anilines is 2. The van der Waals surface area contributed by atoms with Gasteiger partial charge in [0, 0.05) is 17.4 Å². The zero-order valence-corrected chi connectivity index (χ0v) is 18.7. The summed E-state index contributed by atoms with van der Waals surface area (Å²) >= 11 is 0. The zero-order valence-electron chi connectivity index (χ0n) is 18.7. The predicted octanol–water partition coefficient (Wildman–Crippen LogP) is 3.89. The first-order valence-electron chi connectivity index (χ1n) is 11.2. The number of halogens is 6. The number of pyridine rings is 1. The normalized spacial score (nSPS) is 23.6. The molecule has 2 aromatic carbocycles. The standard InChI is InChI=1S/C24H19F6N3O4/c25-23(26,27)12-2-1-3-15-20(12)21(36)11(9-31-15)22(37)32-14-5-4-10(6-13(14)24(28,29)30)33-16-7-18(34)17(33)8-19(16)35/h1-6,9,16-19,34-35H,7-8H2,(H,31,36)(H,32,37)/t16?,17?,18-,19-/m0/s1. The third-order valence-corrected chi connectivity index (χ3v) is 6.88. The summed E-state index contributed by atoms with van der Waals surface area (Å²) in [5.74, 6) is -1.33. The van der Waals surface area contributed by atoms with Crippen molar-refractivity contribution in [3.05, 3.63) is 69.5 Å². The van der Waals surface area contributed by atoms with Crippen LogP contribution >= 0.6 is 0 Å². The number of amides is 1. The van der Waals surface area contributed by atoms with Gasteiger partial charge in [-0.25, -0.2) is 0 Å². The number of hydrogen-bond acceptors (Lipinski definition) is 5. The topological polar surface area (TPSA) is 106 Å². The first-order chi connectivity index (χ1) is 17.3. The number of carbonyl (C=O) groups excluding carboxylic acids is 1. The predicted molar refractivity (Wildman–Crippen MR) is 120 cm³/mol. The van der Waals surface area contributed by atoms with E-state index in [1.165, 1.54) is 17.0 Å². The van der Waals surface area contributed by atoms with Gasteiger partial charge in [-0.1, -0.05) is 6.07 Å². The highest BCUT2D eigenvalue weighted by Crippen LogP contribution is 2.44. The van der Waals surface area contributed by atoms with Gasteiger partial charge in [0.15, 0.2) is 0 Å². The van der Waals surface area contributed by atoms with Crippen molar-refractivity contribution in [3.63, 3.8) is 0 Å². The number of alkyl halides is 6. The van der Waals surface area contributed by atoms with E-state index >= 15 is 0 Å². The Morgan fingerprint density at radius 1 is 0.946 bits per heavy atom. The summed E-state index contributed by atoms with van der Waals surface area (Å²) in [5, 5.41) is 21.5. The molecule has 3 heterocycles. The van der Waals surface area contributed by atoms with Crippen LogP contribution in [0.5, 0.6) is 0 Å². The molecular formula is C24H19F6N3O4. The molecular weight excluding hydrogens is 508 g/mol. The first kappa shape index (κ1) is 25.1. The molecule has 2 saturated heterocycles. The highest BCUT2D eigenvalue weighted by molar-refractivity contribution is 6.06. The van der Waals surface area contributed by atoms with E-state index in [4.69, 9.17) is 0 Å². The van der Waals surface area contributed by atoms with E-state index in [0.29, 0.717) is 6.07 Å². The van der Waals surface area contributed by atoms with Crippen LogP contribution in [0.2, 0.25) is 0 Å². The van der Waals surface area contributed by atoms with Gasteiger partial charge in [0.25, 0.3) is 5.91 Å². The van der Waals surface area contributed by atoms with Crippen molar-refractivity contribution < 1.29 is 41.4 Å². The summed E-state index contributed by atoms with van der Waals surface area (Å²) in [4.78, 5) is 29.6. The van der Waals surface area contributed by atoms with E-state index in [1.807, 2.05) is 5.32 Å². The van der Waals surface area contributed by atoms with Crippen molar-refractivity contribution in [1.82, 2.24) is 4.98 Å². The monoisotopic (exact) mass is 527 g/mol. The van der Waals surface area contributed by atoms with Crippen LogP contribution < -0.4 is 15.6 Å². The fourth-order valence-corrected chi connectivity index (χ4v) is 5.25.